The van der Waals surface area contributed by atoms with E-state index in [2.05, 4.69) is 0 Å². The molecule has 0 aliphatic rings. The highest BCUT2D eigenvalue weighted by Gasteiger charge is 2.30. The lowest BCUT2D eigenvalue weighted by Crippen LogP contribution is -2.20. The van der Waals surface area contributed by atoms with Gasteiger partial charge >= 0.3 is 5.97 Å². The molecular weight excluding hydrogens is 312 g/mol. The van der Waals surface area contributed by atoms with Crippen molar-refractivity contribution in [2.75, 3.05) is 0 Å². The number of benzene rings is 3. The molecule has 0 saturated heterocycles. The molecule has 3 rings (SSSR count). The molecule has 0 radical (unpaired) electrons. The highest BCUT2D eigenvalue weighted by Crippen LogP contribution is 2.33. The van der Waals surface area contributed by atoms with E-state index in [4.69, 9.17) is 0 Å². The topological polar surface area (TPSA) is 57.5 Å². The van der Waals surface area contributed by atoms with Gasteiger partial charge in [0.2, 0.25) is 0 Å². The van der Waals surface area contributed by atoms with Gasteiger partial charge in [0.15, 0.2) is 0 Å². The van der Waals surface area contributed by atoms with Gasteiger partial charge in [0.25, 0.3) is 0 Å². The Labute approximate surface area is 147 Å². The fraction of sp³-hybridized carbons (Fsp3) is 0.136. The fourth-order valence-electron chi connectivity index (χ4n) is 3.07. The molecule has 0 aliphatic heterocycles. The third-order valence-corrected chi connectivity index (χ3v) is 4.47. The van der Waals surface area contributed by atoms with Gasteiger partial charge in [0, 0.05) is 0 Å². The summed E-state index contributed by atoms with van der Waals surface area (Å²) in [5.74, 6) is -2.05. The van der Waals surface area contributed by atoms with Crippen LogP contribution in [0.2, 0.25) is 0 Å². The van der Waals surface area contributed by atoms with Crippen molar-refractivity contribution in [1.82, 2.24) is 0 Å². The minimum Gasteiger partial charge on any atom is -0.481 e. The van der Waals surface area contributed by atoms with Crippen LogP contribution in [0.5, 0.6) is 0 Å². The first-order valence-corrected chi connectivity index (χ1v) is 8.19. The first-order valence-electron chi connectivity index (χ1n) is 8.19. The second-order valence-corrected chi connectivity index (χ2v) is 6.11. The molecule has 3 aromatic rings. The van der Waals surface area contributed by atoms with E-state index in [0.717, 1.165) is 16.7 Å². The molecule has 0 aliphatic carbocycles. The van der Waals surface area contributed by atoms with Gasteiger partial charge in [-0.15, -0.1) is 0 Å². The predicted molar refractivity (Wildman–Crippen MR) is 98.4 cm³/mol. The Bertz CT molecular complexity index is 854. The second kappa shape index (κ2) is 7.32. The summed E-state index contributed by atoms with van der Waals surface area (Å²) in [4.78, 5) is 11.8. The summed E-state index contributed by atoms with van der Waals surface area (Å²) in [6.07, 6.45) is -1.10. The van der Waals surface area contributed by atoms with Gasteiger partial charge in [-0.3, -0.25) is 4.79 Å². The minimum absolute atomic E-state index is 0.586. The van der Waals surface area contributed by atoms with Crippen molar-refractivity contribution in [3.8, 4) is 11.1 Å². The zero-order valence-electron chi connectivity index (χ0n) is 14.0. The monoisotopic (exact) mass is 332 g/mol. The molecule has 0 spiro atoms. The van der Waals surface area contributed by atoms with E-state index < -0.39 is 18.0 Å². The summed E-state index contributed by atoms with van der Waals surface area (Å²) in [5.41, 5.74) is 4.19. The number of aryl methyl sites for hydroxylation is 1. The lowest BCUT2D eigenvalue weighted by Gasteiger charge is -2.21. The van der Waals surface area contributed by atoms with Crippen molar-refractivity contribution in [2.24, 2.45) is 0 Å². The number of hydrogen-bond acceptors (Lipinski definition) is 2. The normalized spacial score (nSPS) is 13.2. The van der Waals surface area contributed by atoms with Gasteiger partial charge in [-0.1, -0.05) is 78.9 Å². The van der Waals surface area contributed by atoms with Gasteiger partial charge in [0.1, 0.15) is 5.92 Å². The lowest BCUT2D eigenvalue weighted by molar-refractivity contribution is -0.141. The Morgan fingerprint density at radius 2 is 1.36 bits per heavy atom. The third kappa shape index (κ3) is 3.62. The molecule has 3 nitrogen and oxygen atoms in total. The molecule has 0 aromatic heterocycles. The maximum Gasteiger partial charge on any atom is 0.314 e. The van der Waals surface area contributed by atoms with Gasteiger partial charge in [-0.05, 0) is 34.7 Å². The van der Waals surface area contributed by atoms with Crippen LogP contribution in [0.1, 0.15) is 28.7 Å². The molecule has 3 aromatic carbocycles. The molecule has 3 heteroatoms. The standard InChI is InChI=1S/C22H20O3/c1-15-7-5-6-10-19(15)21(23)20(22(24)25)18-13-11-17(12-14-18)16-8-3-2-4-9-16/h2-14,20-21,23H,1H3,(H,24,25). The van der Waals surface area contributed by atoms with Crippen LogP contribution in [0.15, 0.2) is 78.9 Å². The molecule has 0 fully saturated rings. The number of carboxylic acid groups (broad SMARTS) is 1. The Morgan fingerprint density at radius 1 is 0.800 bits per heavy atom. The van der Waals surface area contributed by atoms with Gasteiger partial charge in [-0.25, -0.2) is 0 Å². The van der Waals surface area contributed by atoms with Crippen molar-refractivity contribution < 1.29 is 15.0 Å². The number of carbonyl (C=O) groups is 1. The van der Waals surface area contributed by atoms with Crippen LogP contribution in [0, 0.1) is 6.92 Å². The van der Waals surface area contributed by atoms with Crippen LogP contribution in [0.3, 0.4) is 0 Å². The van der Waals surface area contributed by atoms with Crippen molar-refractivity contribution in [3.63, 3.8) is 0 Å². The first kappa shape index (κ1) is 16.9. The Balaban J connectivity index is 1.94. The van der Waals surface area contributed by atoms with E-state index in [9.17, 15) is 15.0 Å². The maximum absolute atomic E-state index is 11.8. The molecular formula is C22H20O3. The quantitative estimate of drug-likeness (QED) is 0.720. The van der Waals surface area contributed by atoms with E-state index in [0.29, 0.717) is 11.1 Å². The SMILES string of the molecule is Cc1ccccc1C(O)C(C(=O)O)c1ccc(-c2ccccc2)cc1. The number of aliphatic hydroxyl groups is 1. The first-order chi connectivity index (χ1) is 12.1. The smallest absolute Gasteiger partial charge is 0.314 e. The van der Waals surface area contributed by atoms with E-state index in [1.54, 1.807) is 18.2 Å². The van der Waals surface area contributed by atoms with Crippen molar-refractivity contribution in [2.45, 2.75) is 18.9 Å². The predicted octanol–water partition coefficient (Wildman–Crippen LogP) is 4.56. The van der Waals surface area contributed by atoms with Crippen LogP contribution in [-0.4, -0.2) is 16.2 Å². The van der Waals surface area contributed by atoms with Crippen molar-refractivity contribution in [3.05, 3.63) is 95.6 Å². The van der Waals surface area contributed by atoms with E-state index >= 15 is 0 Å². The van der Waals surface area contributed by atoms with Gasteiger partial charge in [-0.2, -0.15) is 0 Å². The summed E-state index contributed by atoms with van der Waals surface area (Å²) in [6, 6.07) is 24.6. The zero-order chi connectivity index (χ0) is 17.8. The number of rotatable bonds is 5. The summed E-state index contributed by atoms with van der Waals surface area (Å²) in [7, 11) is 0. The van der Waals surface area contributed by atoms with Crippen LogP contribution >= 0.6 is 0 Å². The van der Waals surface area contributed by atoms with Crippen LogP contribution in [-0.2, 0) is 4.79 Å². The molecule has 2 N–H and O–H groups in total. The Kier molecular flexibility index (Phi) is 4.96. The average molecular weight is 332 g/mol. The highest BCUT2D eigenvalue weighted by molar-refractivity contribution is 5.78. The number of hydrogen-bond donors (Lipinski definition) is 2. The molecule has 0 amide bonds. The summed E-state index contributed by atoms with van der Waals surface area (Å²) in [6.45, 7) is 1.87. The van der Waals surface area contributed by atoms with Crippen molar-refractivity contribution >= 4 is 5.97 Å². The minimum atomic E-state index is -1.10. The molecule has 126 valence electrons. The largest absolute Gasteiger partial charge is 0.481 e. The highest BCUT2D eigenvalue weighted by atomic mass is 16.4. The van der Waals surface area contributed by atoms with Crippen LogP contribution in [0.4, 0.5) is 0 Å². The number of carboxylic acids is 1. The maximum atomic E-state index is 11.8. The molecule has 0 saturated carbocycles. The van der Waals surface area contributed by atoms with E-state index in [1.807, 2.05) is 67.6 Å². The molecule has 0 heterocycles. The molecule has 2 atom stereocenters. The fourth-order valence-corrected chi connectivity index (χ4v) is 3.07. The number of aliphatic hydroxyl groups excluding tert-OH is 1. The summed E-state index contributed by atoms with van der Waals surface area (Å²) < 4.78 is 0. The van der Waals surface area contributed by atoms with Crippen LogP contribution in [0.25, 0.3) is 11.1 Å². The average Bonchev–Trinajstić information content (AvgIpc) is 2.63. The lowest BCUT2D eigenvalue weighted by atomic mass is 9.87. The summed E-state index contributed by atoms with van der Waals surface area (Å²) in [5, 5.41) is 20.4. The Morgan fingerprint density at radius 3 is 1.96 bits per heavy atom. The Hall–Kier alpha value is -2.91. The summed E-state index contributed by atoms with van der Waals surface area (Å²) >= 11 is 0. The molecule has 25 heavy (non-hydrogen) atoms. The van der Waals surface area contributed by atoms with Gasteiger partial charge in [0.05, 0.1) is 6.10 Å². The van der Waals surface area contributed by atoms with E-state index in [-0.39, 0.29) is 0 Å². The second-order valence-electron chi connectivity index (χ2n) is 6.11. The zero-order valence-corrected chi connectivity index (χ0v) is 14.0. The molecule has 2 unspecified atom stereocenters. The molecule has 0 bridgehead atoms. The van der Waals surface area contributed by atoms with Crippen molar-refractivity contribution in [1.29, 1.82) is 0 Å². The van der Waals surface area contributed by atoms with E-state index in [1.165, 1.54) is 0 Å². The van der Waals surface area contributed by atoms with Gasteiger partial charge < -0.3 is 10.2 Å². The number of aliphatic carboxylic acids is 1. The third-order valence-electron chi connectivity index (χ3n) is 4.47. The van der Waals surface area contributed by atoms with Crippen LogP contribution < -0.4 is 0 Å².